The largest absolute Gasteiger partial charge is 0.382 e. The Morgan fingerprint density at radius 3 is 2.60 bits per heavy atom. The number of aryl methyl sites for hydroxylation is 1. The number of anilines is 1. The molecule has 0 aliphatic heterocycles. The van der Waals surface area contributed by atoms with Gasteiger partial charge in [0.15, 0.2) is 5.82 Å². The van der Waals surface area contributed by atoms with Gasteiger partial charge < -0.3 is 5.73 Å². The van der Waals surface area contributed by atoms with E-state index < -0.39 is 0 Å². The highest BCUT2D eigenvalue weighted by Crippen LogP contribution is 2.27. The molecule has 0 aliphatic rings. The van der Waals surface area contributed by atoms with Gasteiger partial charge in [0.25, 0.3) is 0 Å². The van der Waals surface area contributed by atoms with Crippen molar-refractivity contribution in [3.8, 4) is 16.9 Å². The Balaban J connectivity index is 2.14. The maximum atomic E-state index is 6.18. The van der Waals surface area contributed by atoms with Crippen molar-refractivity contribution in [3.05, 3.63) is 59.1 Å². The second-order valence-electron chi connectivity index (χ2n) is 4.53. The molecule has 0 bridgehead atoms. The molecule has 20 heavy (non-hydrogen) atoms. The summed E-state index contributed by atoms with van der Waals surface area (Å²) in [6.07, 6.45) is 0. The first-order valence-electron chi connectivity index (χ1n) is 6.20. The Labute approximate surface area is 121 Å². The predicted octanol–water partition coefficient (Wildman–Crippen LogP) is 3.48. The molecule has 0 saturated heterocycles. The van der Waals surface area contributed by atoms with E-state index in [-0.39, 0.29) is 0 Å². The molecule has 0 saturated carbocycles. The summed E-state index contributed by atoms with van der Waals surface area (Å²) < 4.78 is 1.61. The molecule has 4 nitrogen and oxygen atoms in total. The molecule has 0 atom stereocenters. The highest BCUT2D eigenvalue weighted by atomic mass is 35.5. The van der Waals surface area contributed by atoms with E-state index >= 15 is 0 Å². The lowest BCUT2D eigenvalue weighted by molar-refractivity contribution is 0.806. The fourth-order valence-electron chi connectivity index (χ4n) is 2.08. The third kappa shape index (κ3) is 2.14. The second kappa shape index (κ2) is 4.98. The SMILES string of the molecule is Cc1ccc(Cl)cc1-n1nnc(-c2ccccc2)c1N. The third-order valence-electron chi connectivity index (χ3n) is 3.15. The van der Waals surface area contributed by atoms with Crippen molar-refractivity contribution >= 4 is 17.4 Å². The predicted molar refractivity (Wildman–Crippen MR) is 81.0 cm³/mol. The minimum absolute atomic E-state index is 0.501. The fourth-order valence-corrected chi connectivity index (χ4v) is 2.25. The zero-order chi connectivity index (χ0) is 14.1. The van der Waals surface area contributed by atoms with Crippen LogP contribution in [0.4, 0.5) is 5.82 Å². The molecule has 0 unspecified atom stereocenters. The van der Waals surface area contributed by atoms with E-state index in [1.807, 2.05) is 55.5 Å². The molecule has 1 aromatic heterocycles. The third-order valence-corrected chi connectivity index (χ3v) is 3.39. The molecule has 0 amide bonds. The zero-order valence-electron chi connectivity index (χ0n) is 10.9. The lowest BCUT2D eigenvalue weighted by Gasteiger charge is -2.07. The van der Waals surface area contributed by atoms with E-state index in [9.17, 15) is 0 Å². The van der Waals surface area contributed by atoms with Crippen LogP contribution in [-0.2, 0) is 0 Å². The first kappa shape index (κ1) is 12.7. The lowest BCUT2D eigenvalue weighted by atomic mass is 10.1. The van der Waals surface area contributed by atoms with Gasteiger partial charge in [0.2, 0.25) is 0 Å². The topological polar surface area (TPSA) is 56.7 Å². The summed E-state index contributed by atoms with van der Waals surface area (Å²) in [6.45, 7) is 1.98. The normalized spacial score (nSPS) is 10.7. The maximum Gasteiger partial charge on any atom is 0.155 e. The minimum Gasteiger partial charge on any atom is -0.382 e. The van der Waals surface area contributed by atoms with Gasteiger partial charge in [-0.25, -0.2) is 0 Å². The molecule has 3 rings (SSSR count). The number of aromatic nitrogens is 3. The van der Waals surface area contributed by atoms with Gasteiger partial charge in [-0.1, -0.05) is 53.2 Å². The van der Waals surface area contributed by atoms with E-state index in [0.29, 0.717) is 16.5 Å². The Hall–Kier alpha value is -2.33. The summed E-state index contributed by atoms with van der Waals surface area (Å²) in [6, 6.07) is 15.3. The summed E-state index contributed by atoms with van der Waals surface area (Å²) in [4.78, 5) is 0. The number of nitrogens with zero attached hydrogens (tertiary/aromatic N) is 3. The van der Waals surface area contributed by atoms with Crippen molar-refractivity contribution in [2.45, 2.75) is 6.92 Å². The van der Waals surface area contributed by atoms with Crippen LogP contribution in [0.25, 0.3) is 16.9 Å². The summed E-state index contributed by atoms with van der Waals surface area (Å²) in [5.41, 5.74) is 9.66. The monoisotopic (exact) mass is 284 g/mol. The molecule has 2 N–H and O–H groups in total. The van der Waals surface area contributed by atoms with Crippen molar-refractivity contribution in [2.24, 2.45) is 0 Å². The molecular weight excluding hydrogens is 272 g/mol. The van der Waals surface area contributed by atoms with Crippen LogP contribution in [0.3, 0.4) is 0 Å². The van der Waals surface area contributed by atoms with Crippen LogP contribution in [0.1, 0.15) is 5.56 Å². The van der Waals surface area contributed by atoms with Crippen LogP contribution < -0.4 is 5.73 Å². The highest BCUT2D eigenvalue weighted by molar-refractivity contribution is 6.30. The Morgan fingerprint density at radius 1 is 1.10 bits per heavy atom. The second-order valence-corrected chi connectivity index (χ2v) is 4.97. The van der Waals surface area contributed by atoms with E-state index in [0.717, 1.165) is 16.8 Å². The van der Waals surface area contributed by atoms with Crippen LogP contribution in [0.2, 0.25) is 5.02 Å². The van der Waals surface area contributed by atoms with Gasteiger partial charge in [-0.15, -0.1) is 5.10 Å². The number of halogens is 1. The zero-order valence-corrected chi connectivity index (χ0v) is 11.7. The van der Waals surface area contributed by atoms with Gasteiger partial charge in [0.1, 0.15) is 5.69 Å². The maximum absolute atomic E-state index is 6.18. The molecule has 5 heteroatoms. The van der Waals surface area contributed by atoms with Crippen molar-refractivity contribution in [3.63, 3.8) is 0 Å². The van der Waals surface area contributed by atoms with Crippen LogP contribution in [0, 0.1) is 6.92 Å². The van der Waals surface area contributed by atoms with Crippen LogP contribution >= 0.6 is 11.6 Å². The number of benzene rings is 2. The standard InChI is InChI=1S/C15H13ClN4/c1-10-7-8-12(16)9-13(10)20-15(17)14(18-19-20)11-5-3-2-4-6-11/h2-9H,17H2,1H3. The molecule has 100 valence electrons. The van der Waals surface area contributed by atoms with Crippen molar-refractivity contribution in [1.82, 2.24) is 15.0 Å². The number of hydrogen-bond donors (Lipinski definition) is 1. The molecule has 2 aromatic carbocycles. The van der Waals surface area contributed by atoms with Gasteiger partial charge in [-0.2, -0.15) is 4.68 Å². The van der Waals surface area contributed by atoms with Crippen molar-refractivity contribution in [2.75, 3.05) is 5.73 Å². The molecule has 3 aromatic rings. The van der Waals surface area contributed by atoms with E-state index in [1.165, 1.54) is 0 Å². The van der Waals surface area contributed by atoms with Gasteiger partial charge in [0, 0.05) is 10.6 Å². The van der Waals surface area contributed by atoms with Crippen LogP contribution in [0.15, 0.2) is 48.5 Å². The van der Waals surface area contributed by atoms with E-state index in [4.69, 9.17) is 17.3 Å². The molecule has 0 fully saturated rings. The van der Waals surface area contributed by atoms with Gasteiger partial charge in [-0.05, 0) is 24.6 Å². The number of hydrogen-bond acceptors (Lipinski definition) is 3. The average Bonchev–Trinajstić information content (AvgIpc) is 2.84. The van der Waals surface area contributed by atoms with Crippen LogP contribution in [-0.4, -0.2) is 15.0 Å². The summed E-state index contributed by atoms with van der Waals surface area (Å²) >= 11 is 6.04. The van der Waals surface area contributed by atoms with Gasteiger partial charge in [0.05, 0.1) is 5.69 Å². The summed E-state index contributed by atoms with van der Waals surface area (Å²) in [5.74, 6) is 0.501. The summed E-state index contributed by atoms with van der Waals surface area (Å²) in [7, 11) is 0. The molecule has 1 heterocycles. The van der Waals surface area contributed by atoms with Crippen molar-refractivity contribution < 1.29 is 0 Å². The smallest absolute Gasteiger partial charge is 0.155 e. The average molecular weight is 285 g/mol. The number of rotatable bonds is 2. The quantitative estimate of drug-likeness (QED) is 0.784. The van der Waals surface area contributed by atoms with Crippen molar-refractivity contribution in [1.29, 1.82) is 0 Å². The Bertz CT molecular complexity index is 750. The summed E-state index contributed by atoms with van der Waals surface area (Å²) in [5, 5.41) is 8.97. The van der Waals surface area contributed by atoms with Gasteiger partial charge >= 0.3 is 0 Å². The Morgan fingerprint density at radius 2 is 1.85 bits per heavy atom. The first-order valence-corrected chi connectivity index (χ1v) is 6.58. The first-order chi connectivity index (χ1) is 9.66. The molecular formula is C15H13ClN4. The minimum atomic E-state index is 0.501. The highest BCUT2D eigenvalue weighted by Gasteiger charge is 2.14. The van der Waals surface area contributed by atoms with Gasteiger partial charge in [-0.3, -0.25) is 0 Å². The Kier molecular flexibility index (Phi) is 3.16. The molecule has 0 aliphatic carbocycles. The molecule has 0 spiro atoms. The molecule has 0 radical (unpaired) electrons. The number of nitrogens with two attached hydrogens (primary N) is 1. The lowest BCUT2D eigenvalue weighted by Crippen LogP contribution is -2.04. The number of nitrogen functional groups attached to an aromatic ring is 1. The van der Waals surface area contributed by atoms with Crippen LogP contribution in [0.5, 0.6) is 0 Å². The van der Waals surface area contributed by atoms with E-state index in [2.05, 4.69) is 10.3 Å². The fraction of sp³-hybridized carbons (Fsp3) is 0.0667. The van der Waals surface area contributed by atoms with E-state index in [1.54, 1.807) is 4.68 Å².